The summed E-state index contributed by atoms with van der Waals surface area (Å²) >= 11 is 0. The number of hydrogen-bond acceptors (Lipinski definition) is 6. The molecule has 0 atom stereocenters. The lowest BCUT2D eigenvalue weighted by Crippen LogP contribution is -2.10. The molecular formula is C11H10N4O3S. The topological polar surface area (TPSA) is 95.2 Å². The van der Waals surface area contributed by atoms with Crippen molar-refractivity contribution in [3.63, 3.8) is 0 Å². The van der Waals surface area contributed by atoms with Crippen LogP contribution in [0.25, 0.3) is 0 Å². The molecule has 2 heterocycles. The van der Waals surface area contributed by atoms with Gasteiger partial charge in [-0.3, -0.25) is 10.2 Å². The van der Waals surface area contributed by atoms with Crippen LogP contribution in [0.5, 0.6) is 0 Å². The Morgan fingerprint density at radius 3 is 2.89 bits per heavy atom. The molecule has 0 spiro atoms. The first kappa shape index (κ1) is 13.1. The molecule has 0 amide bonds. The van der Waals surface area contributed by atoms with E-state index in [9.17, 15) is 13.6 Å². The lowest BCUT2D eigenvalue weighted by atomic mass is 10.3. The van der Waals surface area contributed by atoms with Gasteiger partial charge in [-0.25, -0.2) is 5.06 Å². The summed E-state index contributed by atoms with van der Waals surface area (Å²) in [7, 11) is -3.87. The van der Waals surface area contributed by atoms with E-state index >= 15 is 0 Å². The summed E-state index contributed by atoms with van der Waals surface area (Å²) in [5.74, 6) is 0. The van der Waals surface area contributed by atoms with Crippen LogP contribution >= 0.6 is 0 Å². The third kappa shape index (κ3) is 3.33. The van der Waals surface area contributed by atoms with Crippen LogP contribution in [0.15, 0.2) is 75.4 Å². The van der Waals surface area contributed by atoms with Gasteiger partial charge in [0.05, 0.1) is 11.9 Å². The van der Waals surface area contributed by atoms with Crippen molar-refractivity contribution < 1.29 is 13.6 Å². The zero-order chi connectivity index (χ0) is 13.7. The molecular weight excluding hydrogens is 268 g/mol. The van der Waals surface area contributed by atoms with Crippen molar-refractivity contribution in [2.45, 2.75) is 4.90 Å². The lowest BCUT2D eigenvalue weighted by molar-refractivity contribution is -0.000512. The average molecular weight is 278 g/mol. The fourth-order valence-electron chi connectivity index (χ4n) is 1.24. The molecule has 0 bridgehead atoms. The predicted octanol–water partition coefficient (Wildman–Crippen LogP) is 1.84. The molecule has 1 N–H and O–H groups in total. The van der Waals surface area contributed by atoms with Crippen molar-refractivity contribution in [1.82, 2.24) is 10.0 Å². The molecule has 1 aliphatic heterocycles. The maximum absolute atomic E-state index is 11.7. The molecule has 19 heavy (non-hydrogen) atoms. The van der Waals surface area contributed by atoms with Gasteiger partial charge in [0.15, 0.2) is 0 Å². The van der Waals surface area contributed by atoms with Crippen LogP contribution in [0.3, 0.4) is 0 Å². The van der Waals surface area contributed by atoms with Gasteiger partial charge < -0.3 is 0 Å². The van der Waals surface area contributed by atoms with E-state index in [0.717, 1.165) is 11.3 Å². The van der Waals surface area contributed by atoms with Crippen molar-refractivity contribution in [3.8, 4) is 0 Å². The third-order valence-electron chi connectivity index (χ3n) is 2.15. The number of sulfonamides is 1. The van der Waals surface area contributed by atoms with Gasteiger partial charge in [0, 0.05) is 18.6 Å². The lowest BCUT2D eigenvalue weighted by Gasteiger charge is -2.13. The summed E-state index contributed by atoms with van der Waals surface area (Å²) in [6, 6.07) is 2.86. The van der Waals surface area contributed by atoms with Gasteiger partial charge in [-0.15, -0.1) is 5.11 Å². The highest BCUT2D eigenvalue weighted by atomic mass is 32.2. The van der Waals surface area contributed by atoms with Crippen molar-refractivity contribution in [1.29, 1.82) is 0 Å². The zero-order valence-corrected chi connectivity index (χ0v) is 10.5. The monoisotopic (exact) mass is 278 g/mol. The number of nitrogens with zero attached hydrogens (tertiary/aromatic N) is 4. The van der Waals surface area contributed by atoms with Gasteiger partial charge in [-0.05, 0) is 24.3 Å². The van der Waals surface area contributed by atoms with Crippen molar-refractivity contribution >= 4 is 10.0 Å². The normalized spacial score (nSPS) is 17.5. The maximum Gasteiger partial charge on any atom is 0.301 e. The first-order valence-corrected chi connectivity index (χ1v) is 6.64. The Morgan fingerprint density at radius 1 is 1.37 bits per heavy atom. The van der Waals surface area contributed by atoms with Crippen LogP contribution in [-0.2, 0) is 10.0 Å². The van der Waals surface area contributed by atoms with E-state index in [1.54, 1.807) is 18.2 Å². The molecule has 0 aromatic carbocycles. The summed E-state index contributed by atoms with van der Waals surface area (Å²) in [5.41, 5.74) is 0.299. The molecule has 1 aromatic heterocycles. The van der Waals surface area contributed by atoms with E-state index in [1.807, 2.05) is 0 Å². The predicted molar refractivity (Wildman–Crippen MR) is 66.3 cm³/mol. The Balaban J connectivity index is 2.18. The van der Waals surface area contributed by atoms with Gasteiger partial charge in [0.2, 0.25) is 0 Å². The summed E-state index contributed by atoms with van der Waals surface area (Å²) in [6.07, 6.45) is 10.00. The Kier molecular flexibility index (Phi) is 3.83. The minimum absolute atomic E-state index is 0.0444. The van der Waals surface area contributed by atoms with E-state index in [2.05, 4.69) is 14.6 Å². The Labute approximate surface area is 109 Å². The van der Waals surface area contributed by atoms with Crippen LogP contribution in [0, 0.1) is 0 Å². The molecule has 1 aliphatic rings. The number of hydroxylamine groups is 2. The fourth-order valence-corrected chi connectivity index (χ4v) is 1.95. The van der Waals surface area contributed by atoms with E-state index in [4.69, 9.17) is 0 Å². The smallest absolute Gasteiger partial charge is 0.284 e. The Hall–Kier alpha value is -2.32. The molecule has 0 saturated heterocycles. The molecule has 0 saturated carbocycles. The van der Waals surface area contributed by atoms with Gasteiger partial charge >= 0.3 is 10.0 Å². The number of aromatic nitrogens is 1. The van der Waals surface area contributed by atoms with Crippen LogP contribution in [-0.4, -0.2) is 23.7 Å². The van der Waals surface area contributed by atoms with E-state index < -0.39 is 10.0 Å². The second kappa shape index (κ2) is 5.55. The van der Waals surface area contributed by atoms with Gasteiger partial charge in [0.25, 0.3) is 0 Å². The summed E-state index contributed by atoms with van der Waals surface area (Å²) in [5, 5.41) is 13.6. The van der Waals surface area contributed by atoms with E-state index in [0.29, 0.717) is 5.70 Å². The molecule has 98 valence electrons. The minimum Gasteiger partial charge on any atom is -0.284 e. The number of rotatable bonds is 3. The number of allylic oxidation sites excluding steroid dienone is 3. The van der Waals surface area contributed by atoms with E-state index in [-0.39, 0.29) is 4.90 Å². The standard InChI is InChI=1S/C11H10N4O3S/c16-15-7-2-1-4-10(15)8-13-14-19(17,18)11-5-3-6-12-9-11/h1-9,16H. The Morgan fingerprint density at radius 2 is 2.21 bits per heavy atom. The zero-order valence-electron chi connectivity index (χ0n) is 9.66. The van der Waals surface area contributed by atoms with E-state index in [1.165, 1.54) is 30.7 Å². The fraction of sp³-hybridized carbons (Fsp3) is 0. The molecule has 0 unspecified atom stereocenters. The highest BCUT2D eigenvalue weighted by Gasteiger charge is 2.12. The minimum atomic E-state index is -3.87. The highest BCUT2D eigenvalue weighted by molar-refractivity contribution is 7.90. The average Bonchev–Trinajstić information content (AvgIpc) is 2.42. The number of hydrogen-bond donors (Lipinski definition) is 1. The summed E-state index contributed by atoms with van der Waals surface area (Å²) < 4.78 is 26.7. The van der Waals surface area contributed by atoms with Crippen LogP contribution in [0.2, 0.25) is 0 Å². The second-order valence-corrected chi connectivity index (χ2v) is 5.04. The Bertz CT molecular complexity index is 662. The second-order valence-electron chi connectivity index (χ2n) is 3.46. The van der Waals surface area contributed by atoms with Crippen LogP contribution in [0.4, 0.5) is 0 Å². The molecule has 7 nitrogen and oxygen atoms in total. The summed E-state index contributed by atoms with van der Waals surface area (Å²) in [6.45, 7) is 0. The van der Waals surface area contributed by atoms with Crippen LogP contribution in [0.1, 0.15) is 0 Å². The molecule has 1 aromatic rings. The van der Waals surface area contributed by atoms with Crippen LogP contribution < -0.4 is 0 Å². The van der Waals surface area contributed by atoms with Gasteiger partial charge in [-0.1, -0.05) is 10.6 Å². The summed E-state index contributed by atoms with van der Waals surface area (Å²) in [4.78, 5) is 3.65. The third-order valence-corrected chi connectivity index (χ3v) is 3.29. The molecule has 8 heteroatoms. The van der Waals surface area contributed by atoms with Crippen molar-refractivity contribution in [3.05, 3.63) is 60.9 Å². The quantitative estimate of drug-likeness (QED) is 0.851. The molecule has 0 aliphatic carbocycles. The highest BCUT2D eigenvalue weighted by Crippen LogP contribution is 2.12. The maximum atomic E-state index is 11.7. The largest absolute Gasteiger partial charge is 0.301 e. The number of pyridine rings is 1. The SMILES string of the molecule is O=S(=O)(N=NC=C1C=CC=CN1O)c1cccnc1. The molecule has 0 fully saturated rings. The van der Waals surface area contributed by atoms with Crippen molar-refractivity contribution in [2.75, 3.05) is 0 Å². The van der Waals surface area contributed by atoms with Gasteiger partial charge in [0.1, 0.15) is 4.90 Å². The van der Waals surface area contributed by atoms with Gasteiger partial charge in [-0.2, -0.15) is 8.42 Å². The first-order valence-electron chi connectivity index (χ1n) is 5.20. The molecule has 0 radical (unpaired) electrons. The van der Waals surface area contributed by atoms with Crippen molar-refractivity contribution in [2.24, 2.45) is 9.63 Å². The first-order chi connectivity index (χ1) is 9.09. The molecule has 2 rings (SSSR count).